The van der Waals surface area contributed by atoms with Crippen LogP contribution in [0.5, 0.6) is 0 Å². The molecule has 30 heavy (non-hydrogen) atoms. The summed E-state index contributed by atoms with van der Waals surface area (Å²) in [7, 11) is 0. The molecule has 0 atom stereocenters. The molecule has 0 bridgehead atoms. The van der Waals surface area contributed by atoms with E-state index >= 15 is 0 Å². The molecule has 0 saturated carbocycles. The molecule has 2 aromatic rings. The lowest BCUT2D eigenvalue weighted by Gasteiger charge is -2.35. The quantitative estimate of drug-likeness (QED) is 0.561. The molecule has 0 radical (unpaired) electrons. The molecule has 0 N–H and O–H groups in total. The first-order valence-corrected chi connectivity index (χ1v) is 9.27. The highest BCUT2D eigenvalue weighted by atomic mass is 16.6. The summed E-state index contributed by atoms with van der Waals surface area (Å²) >= 11 is 0. The summed E-state index contributed by atoms with van der Waals surface area (Å²) in [6.07, 6.45) is 0. The molecule has 2 aromatic carbocycles. The van der Waals surface area contributed by atoms with Crippen molar-refractivity contribution in [3.8, 4) is 0 Å². The number of nitrogens with zero attached hydrogens (tertiary/aromatic N) is 4. The van der Waals surface area contributed by atoms with Gasteiger partial charge in [-0.2, -0.15) is 0 Å². The van der Waals surface area contributed by atoms with E-state index in [0.29, 0.717) is 11.1 Å². The molecule has 10 heteroatoms. The van der Waals surface area contributed by atoms with Crippen LogP contribution in [0.25, 0.3) is 0 Å². The lowest BCUT2D eigenvalue weighted by atomic mass is 10.0. The van der Waals surface area contributed by atoms with Crippen LogP contribution in [0.1, 0.15) is 31.8 Å². The molecule has 2 amide bonds. The third-order valence-electron chi connectivity index (χ3n) is 5.18. The standard InChI is InChI=1S/C20H20N4O6/c1-13-3-5-15(23(27)28)11-17(13)19(25)21-7-9-22(10-8-21)20(26)18-12-16(24(29)30)6-4-14(18)2/h3-6,11-12H,7-10H2,1-2H3. The molecule has 0 aromatic heterocycles. The van der Waals surface area contributed by atoms with E-state index in [2.05, 4.69) is 0 Å². The highest BCUT2D eigenvalue weighted by Crippen LogP contribution is 2.22. The lowest BCUT2D eigenvalue weighted by molar-refractivity contribution is -0.385. The first kappa shape index (κ1) is 20.9. The number of nitro benzene ring substituents is 2. The third-order valence-corrected chi connectivity index (χ3v) is 5.18. The van der Waals surface area contributed by atoms with Crippen LogP contribution in [0.3, 0.4) is 0 Å². The van der Waals surface area contributed by atoms with Gasteiger partial charge in [-0.3, -0.25) is 29.8 Å². The Morgan fingerprint density at radius 1 is 0.733 bits per heavy atom. The number of amides is 2. The fraction of sp³-hybridized carbons (Fsp3) is 0.300. The maximum absolute atomic E-state index is 12.8. The molecule has 0 unspecified atom stereocenters. The highest BCUT2D eigenvalue weighted by molar-refractivity contribution is 5.98. The lowest BCUT2D eigenvalue weighted by Crippen LogP contribution is -2.50. The van der Waals surface area contributed by atoms with E-state index in [4.69, 9.17) is 0 Å². The highest BCUT2D eigenvalue weighted by Gasteiger charge is 2.28. The second-order valence-electron chi connectivity index (χ2n) is 7.10. The molecule has 0 spiro atoms. The predicted octanol–water partition coefficient (Wildman–Crippen LogP) is 2.72. The van der Waals surface area contributed by atoms with Crippen molar-refractivity contribution in [2.24, 2.45) is 0 Å². The molecule has 1 fully saturated rings. The Labute approximate surface area is 172 Å². The molecule has 1 heterocycles. The van der Waals surface area contributed by atoms with Crippen molar-refractivity contribution in [1.82, 2.24) is 9.80 Å². The monoisotopic (exact) mass is 412 g/mol. The number of carbonyl (C=O) groups excluding carboxylic acids is 2. The molecule has 1 aliphatic rings. The van der Waals surface area contributed by atoms with E-state index in [0.717, 1.165) is 0 Å². The van der Waals surface area contributed by atoms with Crippen LogP contribution in [0.4, 0.5) is 11.4 Å². The molecule has 3 rings (SSSR count). The van der Waals surface area contributed by atoms with E-state index in [1.54, 1.807) is 23.6 Å². The smallest absolute Gasteiger partial charge is 0.270 e. The largest absolute Gasteiger partial charge is 0.335 e. The Bertz CT molecular complexity index is 960. The number of piperazine rings is 1. The molecule has 10 nitrogen and oxygen atoms in total. The number of non-ortho nitro benzene ring substituents is 2. The zero-order chi connectivity index (χ0) is 22.0. The normalized spacial score (nSPS) is 13.8. The summed E-state index contributed by atoms with van der Waals surface area (Å²) in [6, 6.07) is 8.31. The first-order chi connectivity index (χ1) is 14.2. The fourth-order valence-corrected chi connectivity index (χ4v) is 3.36. The van der Waals surface area contributed by atoms with Crippen molar-refractivity contribution < 1.29 is 19.4 Å². The minimum absolute atomic E-state index is 0.154. The Kier molecular flexibility index (Phi) is 5.77. The van der Waals surface area contributed by atoms with Crippen molar-refractivity contribution in [1.29, 1.82) is 0 Å². The molecular formula is C20H20N4O6. The van der Waals surface area contributed by atoms with Crippen LogP contribution in [-0.2, 0) is 0 Å². The van der Waals surface area contributed by atoms with Crippen LogP contribution in [0.15, 0.2) is 36.4 Å². The summed E-state index contributed by atoms with van der Waals surface area (Å²) < 4.78 is 0. The number of benzene rings is 2. The maximum atomic E-state index is 12.8. The molecule has 1 saturated heterocycles. The second kappa shape index (κ2) is 8.27. The summed E-state index contributed by atoms with van der Waals surface area (Å²) in [4.78, 5) is 49.7. The first-order valence-electron chi connectivity index (χ1n) is 9.27. The Morgan fingerprint density at radius 3 is 1.37 bits per heavy atom. The topological polar surface area (TPSA) is 127 Å². The Morgan fingerprint density at radius 2 is 1.07 bits per heavy atom. The SMILES string of the molecule is Cc1ccc([N+](=O)[O-])cc1C(=O)N1CCN(C(=O)c2cc([N+](=O)[O-])ccc2C)CC1. The van der Waals surface area contributed by atoms with E-state index < -0.39 is 9.85 Å². The summed E-state index contributed by atoms with van der Waals surface area (Å²) in [6.45, 7) is 4.48. The van der Waals surface area contributed by atoms with E-state index in [9.17, 15) is 29.8 Å². The van der Waals surface area contributed by atoms with Gasteiger partial charge in [0.25, 0.3) is 23.2 Å². The number of aryl methyl sites for hydroxylation is 2. The van der Waals surface area contributed by atoms with E-state index in [1.807, 2.05) is 0 Å². The van der Waals surface area contributed by atoms with Crippen LogP contribution >= 0.6 is 0 Å². The van der Waals surface area contributed by atoms with Gasteiger partial charge < -0.3 is 9.80 Å². The van der Waals surface area contributed by atoms with Gasteiger partial charge in [-0.1, -0.05) is 12.1 Å². The van der Waals surface area contributed by atoms with Crippen molar-refractivity contribution in [2.45, 2.75) is 13.8 Å². The van der Waals surface area contributed by atoms with Crippen LogP contribution in [-0.4, -0.2) is 57.6 Å². The fourth-order valence-electron chi connectivity index (χ4n) is 3.36. The van der Waals surface area contributed by atoms with Crippen molar-refractivity contribution in [3.63, 3.8) is 0 Å². The summed E-state index contributed by atoms with van der Waals surface area (Å²) in [5, 5.41) is 22.0. The molecular weight excluding hydrogens is 392 g/mol. The van der Waals surface area contributed by atoms with Gasteiger partial charge in [0.2, 0.25) is 0 Å². The second-order valence-corrected chi connectivity index (χ2v) is 7.10. The summed E-state index contributed by atoms with van der Waals surface area (Å²) in [5.41, 5.74) is 1.49. The van der Waals surface area contributed by atoms with Crippen LogP contribution < -0.4 is 0 Å². The third kappa shape index (κ3) is 4.12. The van der Waals surface area contributed by atoms with E-state index in [1.165, 1.54) is 36.4 Å². The van der Waals surface area contributed by atoms with Gasteiger partial charge in [0, 0.05) is 61.6 Å². The maximum Gasteiger partial charge on any atom is 0.270 e. The average Bonchev–Trinajstić information content (AvgIpc) is 2.73. The van der Waals surface area contributed by atoms with E-state index in [-0.39, 0.29) is 60.5 Å². The van der Waals surface area contributed by atoms with Gasteiger partial charge >= 0.3 is 0 Å². The zero-order valence-corrected chi connectivity index (χ0v) is 16.5. The van der Waals surface area contributed by atoms with Gasteiger partial charge in [-0.15, -0.1) is 0 Å². The number of rotatable bonds is 4. The van der Waals surface area contributed by atoms with Crippen LogP contribution in [0.2, 0.25) is 0 Å². The minimum atomic E-state index is -0.547. The predicted molar refractivity (Wildman–Crippen MR) is 107 cm³/mol. The van der Waals surface area contributed by atoms with Gasteiger partial charge in [-0.05, 0) is 25.0 Å². The number of carbonyl (C=O) groups is 2. The minimum Gasteiger partial charge on any atom is -0.335 e. The van der Waals surface area contributed by atoms with Crippen molar-refractivity contribution in [2.75, 3.05) is 26.2 Å². The van der Waals surface area contributed by atoms with Crippen LogP contribution in [0, 0.1) is 34.1 Å². The number of hydrogen-bond acceptors (Lipinski definition) is 6. The molecule has 0 aliphatic carbocycles. The van der Waals surface area contributed by atoms with Gasteiger partial charge in [-0.25, -0.2) is 0 Å². The number of hydrogen-bond donors (Lipinski definition) is 0. The molecule has 156 valence electrons. The van der Waals surface area contributed by atoms with Gasteiger partial charge in [0.15, 0.2) is 0 Å². The van der Waals surface area contributed by atoms with Crippen molar-refractivity contribution in [3.05, 3.63) is 78.9 Å². The molecule has 1 aliphatic heterocycles. The van der Waals surface area contributed by atoms with Crippen molar-refractivity contribution >= 4 is 23.2 Å². The van der Waals surface area contributed by atoms with Gasteiger partial charge in [0.05, 0.1) is 9.85 Å². The zero-order valence-electron chi connectivity index (χ0n) is 16.5. The Balaban J connectivity index is 1.72. The average molecular weight is 412 g/mol. The Hall–Kier alpha value is -3.82. The number of nitro groups is 2. The summed E-state index contributed by atoms with van der Waals surface area (Å²) in [5.74, 6) is -0.648. The van der Waals surface area contributed by atoms with Gasteiger partial charge in [0.1, 0.15) is 0 Å².